The number of hydrogen-bond donors (Lipinski definition) is 0. The van der Waals surface area contributed by atoms with E-state index in [1.807, 2.05) is 30.3 Å². The first kappa shape index (κ1) is 37.3. The Morgan fingerprint density at radius 2 is 0.910 bits per heavy atom. The van der Waals surface area contributed by atoms with Crippen LogP contribution in [0.3, 0.4) is 0 Å². The summed E-state index contributed by atoms with van der Waals surface area (Å²) in [7, 11) is 0. The molecule has 0 unspecified atom stereocenters. The summed E-state index contributed by atoms with van der Waals surface area (Å²) >= 11 is 0. The standard InChI is InChI=1S/C62H38N2O3/c1-3-15-39(16-4-1)45-19-7-10-24-54(45)64(44-31-33-48-46-20-8-11-26-56(46)65-59(48)38-44)42-30-29-40-35-53-49-34-32-43(37-60(49)66-58-28-14-22-50(61(53)58)52(40)36-42)63(41-17-5-2-6-18-41)55-25-13-23-51-47-21-9-12-27-57(47)67-62(51)55/h1-38H. The zero-order chi connectivity index (χ0) is 44.0. The average Bonchev–Trinajstić information content (AvgIpc) is 3.96. The Bertz CT molecular complexity index is 4100. The zero-order valence-electron chi connectivity index (χ0n) is 36.1. The van der Waals surface area contributed by atoms with Crippen LogP contribution in [0.1, 0.15) is 0 Å². The number of hydrogen-bond acceptors (Lipinski definition) is 5. The second-order valence-electron chi connectivity index (χ2n) is 17.2. The minimum Gasteiger partial charge on any atom is -0.456 e. The number of furan rings is 2. The van der Waals surface area contributed by atoms with Gasteiger partial charge < -0.3 is 23.4 Å². The van der Waals surface area contributed by atoms with E-state index in [9.17, 15) is 0 Å². The lowest BCUT2D eigenvalue weighted by atomic mass is 9.90. The summed E-state index contributed by atoms with van der Waals surface area (Å²) in [5, 5.41) is 8.90. The van der Waals surface area contributed by atoms with Gasteiger partial charge in [-0.05, 0) is 112 Å². The maximum Gasteiger partial charge on any atom is 0.159 e. The first-order valence-electron chi connectivity index (χ1n) is 22.6. The van der Waals surface area contributed by atoms with Gasteiger partial charge in [-0.2, -0.15) is 0 Å². The van der Waals surface area contributed by atoms with Gasteiger partial charge in [-0.15, -0.1) is 0 Å². The van der Waals surface area contributed by atoms with Gasteiger partial charge in [-0.1, -0.05) is 133 Å². The van der Waals surface area contributed by atoms with Gasteiger partial charge in [-0.3, -0.25) is 0 Å². The van der Waals surface area contributed by atoms with Crippen molar-refractivity contribution in [2.24, 2.45) is 0 Å². The van der Waals surface area contributed by atoms with E-state index in [4.69, 9.17) is 13.6 Å². The van der Waals surface area contributed by atoms with Crippen molar-refractivity contribution in [3.05, 3.63) is 231 Å². The first-order valence-corrected chi connectivity index (χ1v) is 22.6. The van der Waals surface area contributed by atoms with E-state index in [1.54, 1.807) is 0 Å². The molecule has 0 amide bonds. The Balaban J connectivity index is 0.927. The highest BCUT2D eigenvalue weighted by atomic mass is 16.5. The number of para-hydroxylation sites is 5. The number of anilines is 6. The predicted octanol–water partition coefficient (Wildman–Crippen LogP) is 18.2. The van der Waals surface area contributed by atoms with E-state index in [0.29, 0.717) is 0 Å². The molecule has 0 saturated carbocycles. The molecule has 0 bridgehead atoms. The molecule has 0 saturated heterocycles. The first-order chi connectivity index (χ1) is 33.2. The molecule has 0 radical (unpaired) electrons. The minimum absolute atomic E-state index is 0.802. The second-order valence-corrected chi connectivity index (χ2v) is 17.2. The van der Waals surface area contributed by atoms with Crippen LogP contribution >= 0.6 is 0 Å². The molecular formula is C62H38N2O3. The van der Waals surface area contributed by atoms with Gasteiger partial charge in [0.2, 0.25) is 0 Å². The predicted molar refractivity (Wildman–Crippen MR) is 276 cm³/mol. The van der Waals surface area contributed by atoms with Crippen LogP contribution in [0.2, 0.25) is 0 Å². The van der Waals surface area contributed by atoms with E-state index in [2.05, 4.69) is 210 Å². The largest absolute Gasteiger partial charge is 0.456 e. The van der Waals surface area contributed by atoms with Crippen LogP contribution in [0.15, 0.2) is 239 Å². The van der Waals surface area contributed by atoms with Crippen LogP contribution in [0.5, 0.6) is 11.5 Å². The second kappa shape index (κ2) is 14.7. The highest BCUT2D eigenvalue weighted by Crippen LogP contribution is 2.52. The molecule has 5 nitrogen and oxygen atoms in total. The molecule has 13 aromatic rings. The average molecular weight is 859 g/mol. The molecule has 1 aliphatic heterocycles. The number of rotatable bonds is 7. The number of fused-ring (bicyclic) bond motifs is 10. The molecule has 0 N–H and O–H groups in total. The molecule has 11 aromatic carbocycles. The molecular weight excluding hydrogens is 821 g/mol. The summed E-state index contributed by atoms with van der Waals surface area (Å²) in [6, 6.07) is 81.3. The van der Waals surface area contributed by atoms with E-state index in [1.165, 1.54) is 0 Å². The lowest BCUT2D eigenvalue weighted by Gasteiger charge is -2.29. The van der Waals surface area contributed by atoms with Crippen molar-refractivity contribution < 1.29 is 13.6 Å². The van der Waals surface area contributed by atoms with Crippen molar-refractivity contribution in [1.82, 2.24) is 0 Å². The van der Waals surface area contributed by atoms with Gasteiger partial charge in [0, 0.05) is 67.3 Å². The summed E-state index contributed by atoms with van der Waals surface area (Å²) in [5.41, 5.74) is 14.0. The summed E-state index contributed by atoms with van der Waals surface area (Å²) in [4.78, 5) is 4.63. The van der Waals surface area contributed by atoms with Crippen molar-refractivity contribution >= 4 is 99.5 Å². The van der Waals surface area contributed by atoms with Crippen LogP contribution in [0.4, 0.5) is 34.1 Å². The SMILES string of the molecule is c1ccc(-c2ccccc2N(c2ccc3c(c2)oc2ccccc23)c2ccc3cc4c5c(cccc5c3c2)Oc2cc(N(c3ccccc3)c3cccc5c3oc3ccccc35)ccc2-4)cc1. The van der Waals surface area contributed by atoms with E-state index in [-0.39, 0.29) is 0 Å². The fourth-order valence-corrected chi connectivity index (χ4v) is 10.4. The third kappa shape index (κ3) is 5.88. The molecule has 0 fully saturated rings. The van der Waals surface area contributed by atoms with Crippen molar-refractivity contribution in [2.45, 2.75) is 0 Å². The van der Waals surface area contributed by atoms with Gasteiger partial charge in [0.15, 0.2) is 5.58 Å². The molecule has 0 atom stereocenters. The topological polar surface area (TPSA) is 42.0 Å². The third-order valence-corrected chi connectivity index (χ3v) is 13.4. The van der Waals surface area contributed by atoms with E-state index < -0.39 is 0 Å². The molecule has 14 rings (SSSR count). The summed E-state index contributed by atoms with van der Waals surface area (Å²) in [5.74, 6) is 1.63. The normalized spacial score (nSPS) is 12.0. The lowest BCUT2D eigenvalue weighted by Crippen LogP contribution is -2.11. The monoisotopic (exact) mass is 858 g/mol. The Hall–Kier alpha value is -9.06. The maximum atomic E-state index is 6.97. The Morgan fingerprint density at radius 1 is 0.299 bits per heavy atom. The maximum absolute atomic E-state index is 6.97. The fraction of sp³-hybridized carbons (Fsp3) is 0. The summed E-state index contributed by atoms with van der Waals surface area (Å²) < 4.78 is 20.0. The van der Waals surface area contributed by atoms with Crippen LogP contribution < -0.4 is 14.5 Å². The quantitative estimate of drug-likeness (QED) is 0.149. The van der Waals surface area contributed by atoms with Gasteiger partial charge in [0.05, 0.1) is 17.1 Å². The molecule has 2 aromatic heterocycles. The van der Waals surface area contributed by atoms with Crippen molar-refractivity contribution in [3.8, 4) is 33.8 Å². The van der Waals surface area contributed by atoms with Crippen LogP contribution in [0.25, 0.3) is 87.7 Å². The van der Waals surface area contributed by atoms with Gasteiger partial charge in [0.1, 0.15) is 28.2 Å². The van der Waals surface area contributed by atoms with Crippen LogP contribution in [0, 0.1) is 0 Å². The van der Waals surface area contributed by atoms with Crippen molar-refractivity contribution in [3.63, 3.8) is 0 Å². The Morgan fingerprint density at radius 3 is 1.78 bits per heavy atom. The van der Waals surface area contributed by atoms with Gasteiger partial charge >= 0.3 is 0 Å². The number of benzene rings is 11. The molecule has 1 aliphatic rings. The van der Waals surface area contributed by atoms with Gasteiger partial charge in [-0.25, -0.2) is 0 Å². The fourth-order valence-electron chi connectivity index (χ4n) is 10.4. The Kier molecular flexibility index (Phi) is 8.21. The smallest absolute Gasteiger partial charge is 0.159 e. The molecule has 0 aliphatic carbocycles. The van der Waals surface area contributed by atoms with Crippen LogP contribution in [-0.2, 0) is 0 Å². The summed E-state index contributed by atoms with van der Waals surface area (Å²) in [6.45, 7) is 0. The lowest BCUT2D eigenvalue weighted by molar-refractivity contribution is 0.487. The third-order valence-electron chi connectivity index (χ3n) is 13.4. The summed E-state index contributed by atoms with van der Waals surface area (Å²) in [6.07, 6.45) is 0. The number of ether oxygens (including phenoxy) is 1. The van der Waals surface area contributed by atoms with Crippen molar-refractivity contribution in [1.29, 1.82) is 0 Å². The van der Waals surface area contributed by atoms with E-state index >= 15 is 0 Å². The van der Waals surface area contributed by atoms with E-state index in [0.717, 1.165) is 133 Å². The van der Waals surface area contributed by atoms with Gasteiger partial charge in [0.25, 0.3) is 0 Å². The Labute approximate surface area is 385 Å². The highest BCUT2D eigenvalue weighted by molar-refractivity contribution is 6.18. The molecule has 5 heteroatoms. The molecule has 314 valence electrons. The molecule has 67 heavy (non-hydrogen) atoms. The zero-order valence-corrected chi connectivity index (χ0v) is 36.1. The molecule has 3 heterocycles. The minimum atomic E-state index is 0.802. The van der Waals surface area contributed by atoms with Crippen molar-refractivity contribution in [2.75, 3.05) is 9.80 Å². The molecule has 0 spiro atoms. The van der Waals surface area contributed by atoms with Crippen LogP contribution in [-0.4, -0.2) is 0 Å². The number of nitrogens with zero attached hydrogens (tertiary/aromatic N) is 2. The highest BCUT2D eigenvalue weighted by Gasteiger charge is 2.26.